The van der Waals surface area contributed by atoms with Crippen molar-refractivity contribution in [1.29, 1.82) is 0 Å². The van der Waals surface area contributed by atoms with Gasteiger partial charge in [-0.05, 0) is 6.07 Å². The Labute approximate surface area is 93.6 Å². The predicted octanol–water partition coefficient (Wildman–Crippen LogP) is 3.11. The summed E-state index contributed by atoms with van der Waals surface area (Å²) < 4.78 is 25.0. The maximum atomic E-state index is 12.5. The standard InChI is InChI=1S/C8H5Cl2F2NO2/c9-2-4-6(8(14)15)3(7(11)12)1-5(10)13-4/h1,7H,2H2,(H,14,15). The molecule has 1 aromatic heterocycles. The van der Waals surface area contributed by atoms with E-state index in [0.717, 1.165) is 6.07 Å². The van der Waals surface area contributed by atoms with Crippen molar-refractivity contribution in [3.63, 3.8) is 0 Å². The third-order valence-electron chi connectivity index (χ3n) is 1.67. The number of aromatic nitrogens is 1. The van der Waals surface area contributed by atoms with E-state index >= 15 is 0 Å². The van der Waals surface area contributed by atoms with Gasteiger partial charge in [-0.15, -0.1) is 11.6 Å². The minimum absolute atomic E-state index is 0.160. The molecule has 0 aliphatic rings. The van der Waals surface area contributed by atoms with E-state index in [9.17, 15) is 13.6 Å². The van der Waals surface area contributed by atoms with E-state index in [1.54, 1.807) is 0 Å². The second-order valence-corrected chi connectivity index (χ2v) is 3.25. The minimum atomic E-state index is -2.93. The van der Waals surface area contributed by atoms with Crippen LogP contribution in [0.3, 0.4) is 0 Å². The molecule has 0 unspecified atom stereocenters. The number of carboxylic acids is 1. The lowest BCUT2D eigenvalue weighted by atomic mass is 10.1. The molecule has 0 atom stereocenters. The first kappa shape index (κ1) is 12.1. The summed E-state index contributed by atoms with van der Waals surface area (Å²) in [5.74, 6) is -1.79. The minimum Gasteiger partial charge on any atom is -0.478 e. The van der Waals surface area contributed by atoms with Gasteiger partial charge in [-0.2, -0.15) is 0 Å². The summed E-state index contributed by atoms with van der Waals surface area (Å²) in [5, 5.41) is 8.54. The van der Waals surface area contributed by atoms with Crippen molar-refractivity contribution in [3.05, 3.63) is 28.0 Å². The van der Waals surface area contributed by atoms with Gasteiger partial charge in [0.05, 0.1) is 17.1 Å². The van der Waals surface area contributed by atoms with Crippen LogP contribution in [0.25, 0.3) is 0 Å². The van der Waals surface area contributed by atoms with Crippen molar-refractivity contribution in [2.24, 2.45) is 0 Å². The quantitative estimate of drug-likeness (QED) is 0.667. The van der Waals surface area contributed by atoms with Crippen molar-refractivity contribution < 1.29 is 18.7 Å². The monoisotopic (exact) mass is 255 g/mol. The molecule has 0 bridgehead atoms. The number of carboxylic acid groups (broad SMARTS) is 1. The molecule has 0 aliphatic carbocycles. The molecule has 0 aromatic carbocycles. The molecule has 82 valence electrons. The largest absolute Gasteiger partial charge is 0.478 e. The number of nitrogens with zero attached hydrogens (tertiary/aromatic N) is 1. The Morgan fingerprint density at radius 1 is 1.60 bits per heavy atom. The Morgan fingerprint density at radius 2 is 2.20 bits per heavy atom. The van der Waals surface area contributed by atoms with Crippen LogP contribution < -0.4 is 0 Å². The number of pyridine rings is 1. The zero-order valence-corrected chi connectivity index (χ0v) is 8.69. The molecular formula is C8H5Cl2F2NO2. The summed E-state index contributed by atoms with van der Waals surface area (Å²) in [5.41, 5.74) is -1.41. The first-order valence-electron chi connectivity index (χ1n) is 3.74. The van der Waals surface area contributed by atoms with E-state index in [4.69, 9.17) is 28.3 Å². The normalized spacial score (nSPS) is 10.7. The fraction of sp³-hybridized carbons (Fsp3) is 0.250. The Kier molecular flexibility index (Phi) is 3.82. The molecule has 0 fully saturated rings. The zero-order valence-electron chi connectivity index (χ0n) is 7.18. The fourth-order valence-corrected chi connectivity index (χ4v) is 1.51. The molecule has 0 amide bonds. The van der Waals surface area contributed by atoms with E-state index in [0.29, 0.717) is 0 Å². The summed E-state index contributed by atoms with van der Waals surface area (Å²) in [6.07, 6.45) is -2.93. The van der Waals surface area contributed by atoms with Gasteiger partial charge in [-0.1, -0.05) is 11.6 Å². The number of hydrogen-bond donors (Lipinski definition) is 1. The average Bonchev–Trinajstić information content (AvgIpc) is 2.15. The molecule has 0 saturated carbocycles. The second kappa shape index (κ2) is 4.72. The van der Waals surface area contributed by atoms with Gasteiger partial charge in [0.1, 0.15) is 5.15 Å². The number of rotatable bonds is 3. The highest BCUT2D eigenvalue weighted by Crippen LogP contribution is 2.28. The van der Waals surface area contributed by atoms with Crippen molar-refractivity contribution in [2.45, 2.75) is 12.3 Å². The molecular weight excluding hydrogens is 251 g/mol. The number of alkyl halides is 3. The molecule has 0 saturated heterocycles. The van der Waals surface area contributed by atoms with E-state index in [1.807, 2.05) is 0 Å². The van der Waals surface area contributed by atoms with Crippen LogP contribution in [0.5, 0.6) is 0 Å². The van der Waals surface area contributed by atoms with Crippen molar-refractivity contribution in [2.75, 3.05) is 0 Å². The fourth-order valence-electron chi connectivity index (χ4n) is 1.10. The Hall–Kier alpha value is -0.940. The van der Waals surface area contributed by atoms with Crippen molar-refractivity contribution >= 4 is 29.2 Å². The van der Waals surface area contributed by atoms with Gasteiger partial charge in [0, 0.05) is 5.56 Å². The molecule has 1 heterocycles. The van der Waals surface area contributed by atoms with Crippen LogP contribution in [0.2, 0.25) is 5.15 Å². The van der Waals surface area contributed by atoms with Crippen LogP contribution in [0.4, 0.5) is 8.78 Å². The molecule has 0 aliphatic heterocycles. The SMILES string of the molecule is O=C(O)c1c(C(F)F)cc(Cl)nc1CCl. The number of hydrogen-bond acceptors (Lipinski definition) is 2. The van der Waals surface area contributed by atoms with Crippen LogP contribution in [0.1, 0.15) is 28.0 Å². The van der Waals surface area contributed by atoms with Gasteiger partial charge in [-0.3, -0.25) is 0 Å². The molecule has 15 heavy (non-hydrogen) atoms. The van der Waals surface area contributed by atoms with Crippen LogP contribution in [-0.2, 0) is 5.88 Å². The molecule has 0 spiro atoms. The number of halogens is 4. The Bertz CT molecular complexity index is 398. The van der Waals surface area contributed by atoms with Gasteiger partial charge in [0.15, 0.2) is 0 Å². The lowest BCUT2D eigenvalue weighted by Crippen LogP contribution is -2.09. The first-order chi connectivity index (χ1) is 6.97. The predicted molar refractivity (Wildman–Crippen MR) is 50.7 cm³/mol. The molecule has 1 N–H and O–H groups in total. The molecule has 3 nitrogen and oxygen atoms in total. The van der Waals surface area contributed by atoms with Crippen LogP contribution >= 0.6 is 23.2 Å². The second-order valence-electron chi connectivity index (χ2n) is 2.60. The van der Waals surface area contributed by atoms with Crippen LogP contribution in [-0.4, -0.2) is 16.1 Å². The zero-order chi connectivity index (χ0) is 11.6. The van der Waals surface area contributed by atoms with Gasteiger partial charge in [0.25, 0.3) is 6.43 Å². The summed E-state index contributed by atoms with van der Waals surface area (Å²) in [7, 11) is 0. The Morgan fingerprint density at radius 3 is 2.60 bits per heavy atom. The van der Waals surface area contributed by atoms with E-state index in [2.05, 4.69) is 4.98 Å². The molecule has 7 heteroatoms. The highest BCUT2D eigenvalue weighted by Gasteiger charge is 2.23. The van der Waals surface area contributed by atoms with E-state index in [-0.39, 0.29) is 16.7 Å². The van der Waals surface area contributed by atoms with Gasteiger partial charge in [-0.25, -0.2) is 18.6 Å². The average molecular weight is 256 g/mol. The maximum Gasteiger partial charge on any atom is 0.338 e. The van der Waals surface area contributed by atoms with Gasteiger partial charge < -0.3 is 5.11 Å². The topological polar surface area (TPSA) is 50.2 Å². The summed E-state index contributed by atoms with van der Waals surface area (Å²) >= 11 is 10.8. The van der Waals surface area contributed by atoms with Crippen LogP contribution in [0, 0.1) is 0 Å². The molecule has 1 aromatic rings. The first-order valence-corrected chi connectivity index (χ1v) is 4.65. The highest BCUT2D eigenvalue weighted by molar-refractivity contribution is 6.29. The smallest absolute Gasteiger partial charge is 0.338 e. The third-order valence-corrected chi connectivity index (χ3v) is 2.12. The van der Waals surface area contributed by atoms with Gasteiger partial charge in [0.2, 0.25) is 0 Å². The Balaban J connectivity index is 3.47. The van der Waals surface area contributed by atoms with Crippen molar-refractivity contribution in [1.82, 2.24) is 4.98 Å². The summed E-state index contributed by atoms with van der Waals surface area (Å²) in [6, 6.07) is 0.825. The lowest BCUT2D eigenvalue weighted by molar-refractivity contribution is 0.0683. The highest BCUT2D eigenvalue weighted by atomic mass is 35.5. The molecule has 1 rings (SSSR count). The van der Waals surface area contributed by atoms with Crippen molar-refractivity contribution in [3.8, 4) is 0 Å². The number of carbonyl (C=O) groups is 1. The van der Waals surface area contributed by atoms with Gasteiger partial charge >= 0.3 is 5.97 Å². The van der Waals surface area contributed by atoms with Crippen LogP contribution in [0.15, 0.2) is 6.07 Å². The third kappa shape index (κ3) is 2.54. The summed E-state index contributed by atoms with van der Waals surface area (Å²) in [6.45, 7) is 0. The number of aromatic carboxylic acids is 1. The van der Waals surface area contributed by atoms with E-state index < -0.39 is 23.5 Å². The summed E-state index contributed by atoms with van der Waals surface area (Å²) in [4.78, 5) is 14.3. The molecule has 0 radical (unpaired) electrons. The maximum absolute atomic E-state index is 12.5. The van der Waals surface area contributed by atoms with E-state index in [1.165, 1.54) is 0 Å². The lowest BCUT2D eigenvalue weighted by Gasteiger charge is -2.08.